The number of hydrogen-bond acceptors (Lipinski definition) is 3. The van der Waals surface area contributed by atoms with Crippen LogP contribution in [0, 0.1) is 0 Å². The van der Waals surface area contributed by atoms with Crippen LogP contribution in [-0.4, -0.2) is 37.7 Å². The highest BCUT2D eigenvalue weighted by atomic mass is 32.2. The van der Waals surface area contributed by atoms with Gasteiger partial charge in [0.05, 0.1) is 18.5 Å². The number of nitrogens with zero attached hydrogens (tertiary/aromatic N) is 1. The van der Waals surface area contributed by atoms with Crippen molar-refractivity contribution in [1.29, 1.82) is 0 Å². The van der Waals surface area contributed by atoms with Crippen LogP contribution in [0.2, 0.25) is 0 Å². The van der Waals surface area contributed by atoms with Gasteiger partial charge in [-0.15, -0.1) is 0 Å². The lowest BCUT2D eigenvalue weighted by Crippen LogP contribution is -2.48. The molecule has 1 aliphatic rings. The van der Waals surface area contributed by atoms with Crippen molar-refractivity contribution >= 4 is 10.0 Å². The van der Waals surface area contributed by atoms with E-state index >= 15 is 0 Å². The van der Waals surface area contributed by atoms with Crippen LogP contribution < -0.4 is 0 Å². The highest BCUT2D eigenvalue weighted by Crippen LogP contribution is 2.26. The minimum Gasteiger partial charge on any atom is -0.370 e. The van der Waals surface area contributed by atoms with Gasteiger partial charge in [-0.05, 0) is 18.9 Å². The van der Waals surface area contributed by atoms with E-state index in [9.17, 15) is 8.42 Å². The van der Waals surface area contributed by atoms with Crippen molar-refractivity contribution in [3.8, 4) is 0 Å². The lowest BCUT2D eigenvalue weighted by molar-refractivity contribution is -0.0288. The largest absolute Gasteiger partial charge is 0.370 e. The Morgan fingerprint density at radius 1 is 1.32 bits per heavy atom. The highest BCUT2D eigenvalue weighted by Gasteiger charge is 2.34. The Balaban J connectivity index is 2.17. The van der Waals surface area contributed by atoms with Crippen LogP contribution in [-0.2, 0) is 14.8 Å². The van der Waals surface area contributed by atoms with E-state index in [4.69, 9.17) is 4.74 Å². The molecule has 2 unspecified atom stereocenters. The zero-order chi connectivity index (χ0) is 13.9. The molecule has 1 saturated heterocycles. The molecule has 0 N–H and O–H groups in total. The number of hydrogen-bond donors (Lipinski definition) is 0. The Kier molecular flexibility index (Phi) is 4.60. The van der Waals surface area contributed by atoms with E-state index in [0.717, 1.165) is 5.56 Å². The number of benzene rings is 1. The molecule has 0 aliphatic carbocycles. The second kappa shape index (κ2) is 6.03. The maximum Gasteiger partial charge on any atom is 0.214 e. The molecule has 1 aromatic carbocycles. The summed E-state index contributed by atoms with van der Waals surface area (Å²) in [6, 6.07) is 9.71. The predicted molar refractivity (Wildman–Crippen MR) is 75.4 cm³/mol. The maximum absolute atomic E-state index is 12.2. The van der Waals surface area contributed by atoms with Crippen LogP contribution in [0.3, 0.4) is 0 Å². The van der Waals surface area contributed by atoms with Gasteiger partial charge in [0.2, 0.25) is 10.0 Å². The number of rotatable bonds is 4. The molecule has 2 atom stereocenters. The summed E-state index contributed by atoms with van der Waals surface area (Å²) in [6.45, 7) is 4.64. The maximum atomic E-state index is 12.2. The van der Waals surface area contributed by atoms with E-state index in [1.165, 1.54) is 0 Å². The molecule has 4 nitrogen and oxygen atoms in total. The fourth-order valence-corrected chi connectivity index (χ4v) is 4.09. The van der Waals surface area contributed by atoms with E-state index in [-0.39, 0.29) is 17.9 Å². The Morgan fingerprint density at radius 3 is 2.63 bits per heavy atom. The normalized spacial score (nSPS) is 25.4. The molecule has 1 heterocycles. The summed E-state index contributed by atoms with van der Waals surface area (Å²) in [5.74, 6) is 0.207. The molecule has 0 aromatic heterocycles. The Bertz CT molecular complexity index is 501. The molecule has 0 bridgehead atoms. The second-order valence-corrected chi connectivity index (χ2v) is 7.01. The zero-order valence-electron chi connectivity index (χ0n) is 11.5. The third-order valence-corrected chi connectivity index (χ3v) is 5.51. The molecular formula is C14H21NO3S. The van der Waals surface area contributed by atoms with Gasteiger partial charge in [-0.2, -0.15) is 4.31 Å². The minimum atomic E-state index is -3.17. The van der Waals surface area contributed by atoms with Crippen LogP contribution >= 0.6 is 0 Å². The van der Waals surface area contributed by atoms with Crippen LogP contribution in [0.5, 0.6) is 0 Å². The van der Waals surface area contributed by atoms with Gasteiger partial charge in [-0.1, -0.05) is 37.3 Å². The van der Waals surface area contributed by atoms with Crippen LogP contribution in [0.4, 0.5) is 0 Å². The number of sulfonamides is 1. The Labute approximate surface area is 115 Å². The van der Waals surface area contributed by atoms with Gasteiger partial charge >= 0.3 is 0 Å². The fraction of sp³-hybridized carbons (Fsp3) is 0.571. The summed E-state index contributed by atoms with van der Waals surface area (Å²) in [6.07, 6.45) is 0.478. The summed E-state index contributed by atoms with van der Waals surface area (Å²) in [5, 5.41) is 0. The van der Waals surface area contributed by atoms with Gasteiger partial charge in [-0.3, -0.25) is 0 Å². The Morgan fingerprint density at radius 2 is 2.00 bits per heavy atom. The molecule has 1 aliphatic heterocycles. The zero-order valence-corrected chi connectivity index (χ0v) is 12.3. The van der Waals surface area contributed by atoms with Gasteiger partial charge in [0.25, 0.3) is 0 Å². The molecule has 5 heteroatoms. The predicted octanol–water partition coefficient (Wildman–Crippen LogP) is 2.19. The first-order valence-electron chi connectivity index (χ1n) is 6.70. The average Bonchev–Trinajstić information content (AvgIpc) is 2.40. The van der Waals surface area contributed by atoms with Crippen molar-refractivity contribution in [2.24, 2.45) is 0 Å². The standard InChI is InChI=1S/C14H21NO3S/c1-3-9-19(16,17)15-10-14(18-11-12(15)2)13-7-5-4-6-8-13/h4-8,12,14H,3,9-11H2,1-2H3. The van der Waals surface area contributed by atoms with Gasteiger partial charge in [0.15, 0.2) is 0 Å². The summed E-state index contributed by atoms with van der Waals surface area (Å²) in [4.78, 5) is 0. The van der Waals surface area contributed by atoms with Crippen molar-refractivity contribution in [3.05, 3.63) is 35.9 Å². The lowest BCUT2D eigenvalue weighted by atomic mass is 10.1. The smallest absolute Gasteiger partial charge is 0.214 e. The molecule has 0 saturated carbocycles. The van der Waals surface area contributed by atoms with Crippen LogP contribution in [0.25, 0.3) is 0 Å². The topological polar surface area (TPSA) is 46.6 Å². The highest BCUT2D eigenvalue weighted by molar-refractivity contribution is 7.89. The van der Waals surface area contributed by atoms with Crippen LogP contribution in [0.15, 0.2) is 30.3 Å². The van der Waals surface area contributed by atoms with E-state index in [1.807, 2.05) is 44.2 Å². The fourth-order valence-electron chi connectivity index (χ4n) is 2.37. The molecule has 19 heavy (non-hydrogen) atoms. The van der Waals surface area contributed by atoms with E-state index < -0.39 is 10.0 Å². The molecule has 1 aromatic rings. The molecule has 106 valence electrons. The quantitative estimate of drug-likeness (QED) is 0.851. The van der Waals surface area contributed by atoms with Gasteiger partial charge in [0.1, 0.15) is 0 Å². The van der Waals surface area contributed by atoms with E-state index in [2.05, 4.69) is 0 Å². The average molecular weight is 283 g/mol. The first-order chi connectivity index (χ1) is 9.04. The minimum absolute atomic E-state index is 0.0866. The summed E-state index contributed by atoms with van der Waals surface area (Å²) < 4.78 is 31.9. The molecule has 0 amide bonds. The molecule has 1 fully saturated rings. The molecule has 0 spiro atoms. The summed E-state index contributed by atoms with van der Waals surface area (Å²) >= 11 is 0. The SMILES string of the molecule is CCCS(=O)(=O)N1CC(c2ccccc2)OCC1C. The van der Waals surface area contributed by atoms with Crippen molar-refractivity contribution < 1.29 is 13.2 Å². The lowest BCUT2D eigenvalue weighted by Gasteiger charge is -2.37. The van der Waals surface area contributed by atoms with E-state index in [0.29, 0.717) is 19.6 Å². The number of ether oxygens (including phenoxy) is 1. The second-order valence-electron chi connectivity index (χ2n) is 4.97. The summed E-state index contributed by atoms with van der Waals surface area (Å²) in [5.41, 5.74) is 1.03. The van der Waals surface area contributed by atoms with Crippen molar-refractivity contribution in [1.82, 2.24) is 4.31 Å². The van der Waals surface area contributed by atoms with Crippen molar-refractivity contribution in [2.45, 2.75) is 32.4 Å². The third-order valence-electron chi connectivity index (χ3n) is 3.37. The molecule has 2 rings (SSSR count). The first-order valence-corrected chi connectivity index (χ1v) is 8.31. The van der Waals surface area contributed by atoms with Crippen molar-refractivity contribution in [2.75, 3.05) is 18.9 Å². The monoisotopic (exact) mass is 283 g/mol. The molecule has 0 radical (unpaired) electrons. The number of morpholine rings is 1. The van der Waals surface area contributed by atoms with Crippen molar-refractivity contribution in [3.63, 3.8) is 0 Å². The van der Waals surface area contributed by atoms with Crippen LogP contribution in [0.1, 0.15) is 31.9 Å². The van der Waals surface area contributed by atoms with E-state index in [1.54, 1.807) is 4.31 Å². The van der Waals surface area contributed by atoms with Gasteiger partial charge in [-0.25, -0.2) is 8.42 Å². The van der Waals surface area contributed by atoms with Gasteiger partial charge in [0, 0.05) is 12.6 Å². The van der Waals surface area contributed by atoms with Gasteiger partial charge < -0.3 is 4.74 Å². The third kappa shape index (κ3) is 3.35. The summed E-state index contributed by atoms with van der Waals surface area (Å²) in [7, 11) is -3.17. The Hall–Kier alpha value is -0.910. The first kappa shape index (κ1) is 14.5. The molecular weight excluding hydrogens is 262 g/mol.